The standard InChI is InChI=1S/C47H48N2O8/c1-20-10-27-29(41-33-15-23(4)49-25(6)40(33)35(51)19-36(41)52)17-31(45(53)43(27)37(12-20)55-7)32-18-30(28-11-21(2)13-38(56-8)44(28)46(32)54)42-34(50)16-26-14-22(3)48-24(5)39(26)47(42)57-9/h10-13,16-19,22-23,25,48-49,51-54H,14-15H2,1-9H3. The van der Waals surface area contributed by atoms with E-state index in [0.29, 0.717) is 79.5 Å². The van der Waals surface area contributed by atoms with E-state index in [2.05, 4.69) is 24.5 Å². The van der Waals surface area contributed by atoms with E-state index < -0.39 is 0 Å². The van der Waals surface area contributed by atoms with Gasteiger partial charge >= 0.3 is 0 Å². The minimum Gasteiger partial charge on any atom is -0.507 e. The van der Waals surface area contributed by atoms with Crippen LogP contribution in [0, 0.1) is 13.8 Å². The summed E-state index contributed by atoms with van der Waals surface area (Å²) in [6, 6.07) is 12.3. The minimum absolute atomic E-state index is 0.0148. The molecule has 0 bridgehead atoms. The third kappa shape index (κ3) is 5.84. The lowest BCUT2D eigenvalue weighted by Gasteiger charge is -2.32. The summed E-state index contributed by atoms with van der Waals surface area (Å²) in [4.78, 5) is 14.4. The van der Waals surface area contributed by atoms with Gasteiger partial charge in [-0.1, -0.05) is 12.1 Å². The molecule has 0 saturated carbocycles. The van der Waals surface area contributed by atoms with Crippen LogP contribution >= 0.6 is 0 Å². The number of rotatable bonds is 6. The Balaban J connectivity index is 1.54. The lowest BCUT2D eigenvalue weighted by molar-refractivity contribution is -0.109. The Bertz CT molecular complexity index is 2690. The number of hydrogen-bond acceptors (Lipinski definition) is 10. The highest BCUT2D eigenvalue weighted by Gasteiger charge is 2.35. The van der Waals surface area contributed by atoms with Crippen molar-refractivity contribution in [2.75, 3.05) is 21.3 Å². The van der Waals surface area contributed by atoms with Crippen LogP contribution in [-0.2, 0) is 16.0 Å². The number of methoxy groups -OCH3 is 3. The molecule has 0 fully saturated rings. The second-order valence-electron chi connectivity index (χ2n) is 15.8. The first kappa shape index (κ1) is 37.8. The van der Waals surface area contributed by atoms with Crippen molar-refractivity contribution in [2.24, 2.45) is 0 Å². The van der Waals surface area contributed by atoms with Crippen LogP contribution in [0.15, 0.2) is 71.1 Å². The molecule has 2 aliphatic heterocycles. The van der Waals surface area contributed by atoms with Gasteiger partial charge in [0.05, 0.1) is 37.7 Å². The van der Waals surface area contributed by atoms with Crippen molar-refractivity contribution in [2.45, 2.75) is 72.5 Å². The minimum atomic E-state index is -0.246. The van der Waals surface area contributed by atoms with Crippen LogP contribution in [-0.4, -0.2) is 59.6 Å². The Morgan fingerprint density at radius 3 is 1.81 bits per heavy atom. The van der Waals surface area contributed by atoms with E-state index in [0.717, 1.165) is 33.5 Å². The van der Waals surface area contributed by atoms with Crippen LogP contribution in [0.4, 0.5) is 0 Å². The number of nitrogens with one attached hydrogen (secondary N) is 2. The first-order chi connectivity index (χ1) is 27.2. The fourth-order valence-corrected chi connectivity index (χ4v) is 9.55. The summed E-state index contributed by atoms with van der Waals surface area (Å²) in [5.74, 6) is 0.436. The van der Waals surface area contributed by atoms with Crippen LogP contribution in [0.25, 0.3) is 49.4 Å². The summed E-state index contributed by atoms with van der Waals surface area (Å²) in [7, 11) is 4.60. The number of benzene rings is 5. The Morgan fingerprint density at radius 1 is 0.649 bits per heavy atom. The fraction of sp³-hybridized carbons (Fsp3) is 0.298. The molecule has 3 atom stereocenters. The van der Waals surface area contributed by atoms with Gasteiger partial charge in [0.1, 0.15) is 40.3 Å². The van der Waals surface area contributed by atoms with Gasteiger partial charge in [-0.15, -0.1) is 0 Å². The number of phenolic OH excluding ortho intramolecular Hbond substituents is 4. The summed E-state index contributed by atoms with van der Waals surface area (Å²) in [6.45, 7) is 11.9. The van der Waals surface area contributed by atoms with E-state index in [4.69, 9.17) is 14.2 Å². The molecule has 0 aromatic heterocycles. The topological polar surface area (TPSA) is 150 Å². The number of allylic oxidation sites excluding steroid dienone is 4. The van der Waals surface area contributed by atoms with Crippen molar-refractivity contribution < 1.29 is 39.4 Å². The predicted molar refractivity (Wildman–Crippen MR) is 223 cm³/mol. The Kier molecular flexibility index (Phi) is 9.15. The number of carbonyl (C=O) groups is 1. The molecule has 1 aliphatic carbocycles. The lowest BCUT2D eigenvalue weighted by atomic mass is 9.79. The van der Waals surface area contributed by atoms with Crippen LogP contribution < -0.4 is 20.1 Å². The number of carbonyl (C=O) groups excluding carboxylic acids is 1. The molecule has 0 radical (unpaired) electrons. The number of ether oxygens (including phenoxy) is 3. The molecule has 0 saturated heterocycles. The predicted octanol–water partition coefficient (Wildman–Crippen LogP) is 8.90. The number of ketones is 1. The molecule has 0 spiro atoms. The van der Waals surface area contributed by atoms with Gasteiger partial charge in [-0.3, -0.25) is 4.79 Å². The third-order valence-electron chi connectivity index (χ3n) is 11.7. The van der Waals surface area contributed by atoms with E-state index in [-0.39, 0.29) is 58.0 Å². The highest BCUT2D eigenvalue weighted by molar-refractivity contribution is 6.32. The molecule has 57 heavy (non-hydrogen) atoms. The summed E-state index contributed by atoms with van der Waals surface area (Å²) < 4.78 is 17.9. The number of phenols is 4. The largest absolute Gasteiger partial charge is 0.507 e. The van der Waals surface area contributed by atoms with Gasteiger partial charge in [-0.25, -0.2) is 0 Å². The lowest BCUT2D eigenvalue weighted by Crippen LogP contribution is -2.36. The van der Waals surface area contributed by atoms with E-state index in [9.17, 15) is 25.2 Å². The smallest absolute Gasteiger partial charge is 0.190 e. The van der Waals surface area contributed by atoms with Gasteiger partial charge in [0.25, 0.3) is 0 Å². The normalized spacial score (nSPS) is 19.4. The van der Waals surface area contributed by atoms with E-state index >= 15 is 0 Å². The summed E-state index contributed by atoms with van der Waals surface area (Å²) in [6.07, 6.45) is 2.82. The second kappa shape index (κ2) is 13.8. The highest BCUT2D eigenvalue weighted by atomic mass is 16.5. The fourth-order valence-electron chi connectivity index (χ4n) is 9.55. The van der Waals surface area contributed by atoms with E-state index in [1.54, 1.807) is 25.3 Å². The zero-order valence-electron chi connectivity index (χ0n) is 33.7. The molecule has 2 heterocycles. The molecule has 294 valence electrons. The van der Waals surface area contributed by atoms with E-state index in [1.807, 2.05) is 52.0 Å². The zero-order valence-corrected chi connectivity index (χ0v) is 33.7. The molecule has 5 aromatic rings. The number of fused-ring (bicyclic) bond motifs is 4. The molecular formula is C47H48N2O8. The van der Waals surface area contributed by atoms with Crippen LogP contribution in [0.5, 0.6) is 34.5 Å². The van der Waals surface area contributed by atoms with Gasteiger partial charge < -0.3 is 45.3 Å². The first-order valence-corrected chi connectivity index (χ1v) is 19.2. The maximum atomic E-state index is 14.4. The maximum absolute atomic E-state index is 14.4. The SMILES string of the molecule is COC1=C(c2cc(-c3cc(-c4c(O)cc(O)c5c4CC(C)NC5C)c4cc(C)cc(OC)c4c3O)c(O)c3c(OC)cc(C)cc23)C(=O)C=C2CC(C)NC(C)=C21. The van der Waals surface area contributed by atoms with Crippen molar-refractivity contribution in [3.63, 3.8) is 0 Å². The van der Waals surface area contributed by atoms with Crippen molar-refractivity contribution in [3.8, 4) is 56.8 Å². The van der Waals surface area contributed by atoms with Crippen LogP contribution in [0.1, 0.15) is 68.0 Å². The summed E-state index contributed by atoms with van der Waals surface area (Å²) >= 11 is 0. The number of aromatic hydroxyl groups is 4. The van der Waals surface area contributed by atoms with Crippen molar-refractivity contribution in [1.29, 1.82) is 0 Å². The Labute approximate surface area is 331 Å². The average molecular weight is 769 g/mol. The number of aryl methyl sites for hydroxylation is 2. The second-order valence-corrected chi connectivity index (χ2v) is 15.8. The monoisotopic (exact) mass is 768 g/mol. The molecule has 10 nitrogen and oxygen atoms in total. The number of hydrogen-bond donors (Lipinski definition) is 6. The Hall–Kier alpha value is -6.13. The van der Waals surface area contributed by atoms with Gasteiger partial charge in [0.2, 0.25) is 0 Å². The summed E-state index contributed by atoms with van der Waals surface area (Å²) in [5.41, 5.74) is 8.02. The highest BCUT2D eigenvalue weighted by Crippen LogP contribution is 2.55. The zero-order chi connectivity index (χ0) is 40.8. The molecule has 3 unspecified atom stereocenters. The molecule has 10 heteroatoms. The first-order valence-electron chi connectivity index (χ1n) is 19.2. The average Bonchev–Trinajstić information content (AvgIpc) is 3.14. The van der Waals surface area contributed by atoms with Gasteiger partial charge in [-0.05, 0) is 129 Å². The van der Waals surface area contributed by atoms with Crippen molar-refractivity contribution in [1.82, 2.24) is 10.6 Å². The Morgan fingerprint density at radius 2 is 1.23 bits per heavy atom. The third-order valence-corrected chi connectivity index (χ3v) is 11.7. The van der Waals surface area contributed by atoms with Crippen molar-refractivity contribution >= 4 is 32.9 Å². The molecule has 8 rings (SSSR count). The molecule has 6 N–H and O–H groups in total. The van der Waals surface area contributed by atoms with Crippen LogP contribution in [0.3, 0.4) is 0 Å². The van der Waals surface area contributed by atoms with Crippen molar-refractivity contribution in [3.05, 3.63) is 99.0 Å². The molecular weight excluding hydrogens is 721 g/mol. The maximum Gasteiger partial charge on any atom is 0.190 e. The summed E-state index contributed by atoms with van der Waals surface area (Å²) in [5, 5.41) is 56.8. The quantitative estimate of drug-likeness (QED) is 0.0989. The molecule has 5 aromatic carbocycles. The molecule has 3 aliphatic rings. The van der Waals surface area contributed by atoms with E-state index in [1.165, 1.54) is 20.3 Å². The van der Waals surface area contributed by atoms with Gasteiger partial charge in [0, 0.05) is 57.7 Å². The van der Waals surface area contributed by atoms with Gasteiger partial charge in [-0.2, -0.15) is 0 Å². The van der Waals surface area contributed by atoms with Crippen LogP contribution in [0.2, 0.25) is 0 Å². The van der Waals surface area contributed by atoms with Gasteiger partial charge in [0.15, 0.2) is 5.78 Å². The molecule has 0 amide bonds.